The number of nitrogens with two attached hydrogens (primary N) is 3. The lowest BCUT2D eigenvalue weighted by atomic mass is 9.82. The number of aliphatic hydroxyl groups excluding tert-OH is 2. The fourth-order valence-electron chi connectivity index (χ4n) is 13.7. The Morgan fingerprint density at radius 1 is 0.530 bits per heavy atom. The van der Waals surface area contributed by atoms with Crippen LogP contribution in [0.5, 0.6) is 11.8 Å². The number of carbonyl (C=O) groups excluding carboxylic acids is 2. The number of alkyl carbamates (subject to hydrolysis) is 1. The number of amides is 1. The first-order chi connectivity index (χ1) is 55.1. The van der Waals surface area contributed by atoms with Gasteiger partial charge in [-0.2, -0.15) is 19.9 Å². The summed E-state index contributed by atoms with van der Waals surface area (Å²) in [6.07, 6.45) is 6.33. The molecule has 0 radical (unpaired) electrons. The number of fused-ring (bicyclic) bond motifs is 11. The average Bonchev–Trinajstić information content (AvgIpc) is 1.58. The third kappa shape index (κ3) is 17.7. The van der Waals surface area contributed by atoms with Gasteiger partial charge in [-0.3, -0.25) is 14.4 Å². The van der Waals surface area contributed by atoms with Crippen LogP contribution in [0.15, 0.2) is 145 Å². The molecule has 5 aromatic carbocycles. The van der Waals surface area contributed by atoms with Gasteiger partial charge in [0.1, 0.15) is 30.9 Å². The van der Waals surface area contributed by atoms with Gasteiger partial charge in [-0.1, -0.05) is 108 Å². The summed E-state index contributed by atoms with van der Waals surface area (Å²) in [5, 5.41) is 39.3. The highest BCUT2D eigenvalue weighted by Crippen LogP contribution is 2.56. The number of carboxylic acids is 2. The lowest BCUT2D eigenvalue weighted by Crippen LogP contribution is -2.29. The normalized spacial score (nSPS) is 13.3. The van der Waals surface area contributed by atoms with Crippen molar-refractivity contribution in [2.24, 2.45) is 5.73 Å². The van der Waals surface area contributed by atoms with E-state index >= 15 is 0 Å². The molecule has 3 aliphatic rings. The molecule has 0 atom stereocenters. The van der Waals surface area contributed by atoms with Crippen LogP contribution in [0.4, 0.5) is 33.8 Å². The minimum Gasteiger partial charge on any atom is -0.486 e. The number of nitrogens with one attached hydrogen (secondary N) is 3. The van der Waals surface area contributed by atoms with Gasteiger partial charge in [0.2, 0.25) is 23.7 Å². The van der Waals surface area contributed by atoms with Crippen molar-refractivity contribution in [3.05, 3.63) is 238 Å². The molecule has 0 saturated heterocycles. The first-order valence-corrected chi connectivity index (χ1v) is 38.8. The van der Waals surface area contributed by atoms with Crippen molar-refractivity contribution in [3.8, 4) is 43.1 Å². The number of carboxylic acid groups (broad SMARTS) is 2. The number of imidazole rings is 2. The van der Waals surface area contributed by atoms with Crippen LogP contribution in [0.2, 0.25) is 0 Å². The van der Waals surface area contributed by atoms with Gasteiger partial charge >= 0.3 is 18.0 Å². The molecule has 12 aromatic rings. The Morgan fingerprint density at radius 3 is 1.28 bits per heavy atom. The highest BCUT2D eigenvalue weighted by atomic mass is 32.1. The molecule has 0 spiro atoms. The number of ether oxygens (including phenoxy) is 3. The molecule has 31 heteroatoms. The van der Waals surface area contributed by atoms with E-state index in [1.54, 1.807) is 11.3 Å². The molecule has 0 unspecified atom stereocenters. The number of thiophene rings is 3. The van der Waals surface area contributed by atoms with Crippen molar-refractivity contribution in [2.45, 2.75) is 84.1 Å². The Balaban J connectivity index is 0.000000153. The molecule has 0 saturated carbocycles. The predicted octanol–water partition coefficient (Wildman–Crippen LogP) is 13.7. The third-order valence-electron chi connectivity index (χ3n) is 20.3. The van der Waals surface area contributed by atoms with E-state index in [9.17, 15) is 24.3 Å². The first kappa shape index (κ1) is 81.6. The van der Waals surface area contributed by atoms with E-state index in [0.717, 1.165) is 97.8 Å². The number of hydrogen-bond donors (Lipinski definition) is 10. The van der Waals surface area contributed by atoms with Gasteiger partial charge in [-0.05, 0) is 139 Å². The molecule has 3 aliphatic carbocycles. The minimum absolute atomic E-state index is 0.0814. The Hall–Kier alpha value is -12.9. The summed E-state index contributed by atoms with van der Waals surface area (Å²) in [7, 11) is 5.89. The van der Waals surface area contributed by atoms with Crippen molar-refractivity contribution >= 4 is 122 Å². The number of nitrogen functional groups attached to an aromatic ring is 2. The Labute approximate surface area is 674 Å². The van der Waals surface area contributed by atoms with E-state index < -0.39 is 18.0 Å². The Kier molecular flexibility index (Phi) is 24.6. The van der Waals surface area contributed by atoms with E-state index in [1.165, 1.54) is 74.6 Å². The van der Waals surface area contributed by atoms with E-state index in [1.807, 2.05) is 110 Å². The van der Waals surface area contributed by atoms with Crippen molar-refractivity contribution < 1.29 is 53.8 Å². The number of hydrogen-bond acceptors (Lipinski definition) is 24. The SMILES string of the molecule is CN(CCO)c1ccc2c(c1)C(C)(C)c1cc(C=O)sc1-2.NCc1ccc(COc2nc(N)nc3nc[nH]c23)cc1.[C-]#[N+]/C(=C\c1cc2c(s1)-c1ccc(N(C)CCO)cc1C2(C)C)C(=O)O.[C-]#[N+]/C(=C\c1cc2c(s1)-c1ccc(N(C)CCOC(=O)NCc3ccc(COc4nc(N)nc5nc[nH]c45)cc3)cc1C2(C)C)C(=O)O. The molecule has 0 fully saturated rings. The summed E-state index contributed by atoms with van der Waals surface area (Å²) in [5.41, 5.74) is 35.6. The quantitative estimate of drug-likeness (QED) is 0.0153. The van der Waals surface area contributed by atoms with Crippen LogP contribution >= 0.6 is 34.0 Å². The average molecular weight is 1600 g/mol. The molecule has 7 heterocycles. The van der Waals surface area contributed by atoms with Gasteiger partial charge in [0.25, 0.3) is 11.4 Å². The van der Waals surface area contributed by atoms with Crippen LogP contribution in [0, 0.1) is 13.1 Å². The molecular formula is C84H85N17O11S3. The second kappa shape index (κ2) is 34.6. The molecule has 1 amide bonds. The van der Waals surface area contributed by atoms with Gasteiger partial charge in [0.05, 0.1) is 50.4 Å². The number of aliphatic hydroxyl groups is 2. The number of aromatic amines is 2. The van der Waals surface area contributed by atoms with E-state index in [0.29, 0.717) is 73.4 Å². The van der Waals surface area contributed by atoms with E-state index in [4.69, 9.17) is 59.9 Å². The maximum atomic E-state index is 12.4. The number of benzene rings is 5. The molecule has 590 valence electrons. The number of H-pyrrole nitrogens is 2. The summed E-state index contributed by atoms with van der Waals surface area (Å²) in [5.74, 6) is -1.50. The van der Waals surface area contributed by atoms with Gasteiger partial charge < -0.3 is 81.8 Å². The van der Waals surface area contributed by atoms with Gasteiger partial charge in [0.15, 0.2) is 17.6 Å². The zero-order valence-electron chi connectivity index (χ0n) is 64.5. The summed E-state index contributed by atoms with van der Waals surface area (Å²) < 4.78 is 16.9. The van der Waals surface area contributed by atoms with Crippen molar-refractivity contribution in [1.82, 2.24) is 45.2 Å². The molecule has 15 rings (SSSR count). The number of nitrogens with zero attached hydrogens (tertiary/aromatic N) is 11. The van der Waals surface area contributed by atoms with Crippen molar-refractivity contribution in [1.29, 1.82) is 0 Å². The molecule has 0 aliphatic heterocycles. The molecular weight excluding hydrogens is 1520 g/mol. The number of anilines is 5. The lowest BCUT2D eigenvalue weighted by Gasteiger charge is -2.24. The Morgan fingerprint density at radius 2 is 0.904 bits per heavy atom. The molecule has 0 bridgehead atoms. The van der Waals surface area contributed by atoms with Crippen molar-refractivity contribution in [3.63, 3.8) is 0 Å². The number of carbonyl (C=O) groups is 4. The maximum absolute atomic E-state index is 12.4. The summed E-state index contributed by atoms with van der Waals surface area (Å²) in [4.78, 5) is 94.2. The van der Waals surface area contributed by atoms with Crippen LogP contribution in [0.25, 0.3) is 75.5 Å². The van der Waals surface area contributed by atoms with Crippen LogP contribution in [0.1, 0.15) is 117 Å². The lowest BCUT2D eigenvalue weighted by molar-refractivity contribution is -0.133. The Bertz CT molecular complexity index is 5810. The number of aliphatic carboxylic acids is 2. The van der Waals surface area contributed by atoms with Gasteiger partial charge in [-0.15, -0.1) is 34.0 Å². The second-order valence-electron chi connectivity index (χ2n) is 28.8. The molecule has 13 N–H and O–H groups in total. The van der Waals surface area contributed by atoms with Crippen LogP contribution in [0.3, 0.4) is 0 Å². The van der Waals surface area contributed by atoms with Crippen molar-refractivity contribution in [2.75, 3.05) is 86.8 Å². The highest BCUT2D eigenvalue weighted by molar-refractivity contribution is 7.17. The van der Waals surface area contributed by atoms with E-state index in [-0.39, 0.29) is 66.0 Å². The van der Waals surface area contributed by atoms with Gasteiger partial charge in [-0.25, -0.2) is 24.5 Å². The monoisotopic (exact) mass is 1600 g/mol. The predicted molar refractivity (Wildman–Crippen MR) is 449 cm³/mol. The van der Waals surface area contributed by atoms with Crippen LogP contribution < -0.4 is 46.7 Å². The third-order valence-corrected chi connectivity index (χ3v) is 23.6. The zero-order valence-corrected chi connectivity index (χ0v) is 67.0. The largest absolute Gasteiger partial charge is 0.486 e. The number of likely N-dealkylation sites (N-methyl/N-ethyl adjacent to an activating group) is 3. The number of rotatable bonds is 24. The fourth-order valence-corrected chi connectivity index (χ4v) is 17.5. The van der Waals surface area contributed by atoms with Crippen LogP contribution in [-0.2, 0) is 56.9 Å². The number of aromatic nitrogens is 8. The minimum atomic E-state index is -1.23. The maximum Gasteiger partial charge on any atom is 0.407 e. The zero-order chi connectivity index (χ0) is 82.2. The summed E-state index contributed by atoms with van der Waals surface area (Å²) in [6, 6.07) is 40.4. The second-order valence-corrected chi connectivity index (χ2v) is 32.1. The van der Waals surface area contributed by atoms with Crippen LogP contribution in [-0.4, -0.2) is 145 Å². The molecule has 7 aromatic heterocycles. The molecule has 115 heavy (non-hydrogen) atoms. The summed E-state index contributed by atoms with van der Waals surface area (Å²) in [6.45, 7) is 30.8. The smallest absolute Gasteiger partial charge is 0.407 e. The first-order valence-electron chi connectivity index (χ1n) is 36.4. The molecule has 28 nitrogen and oxygen atoms in total. The standard InChI is InChI=1S/C34H32N8O5S.C20H20N2O3S.C17H19NO2S.C13H14N6O/c1-34(2)24-13-21(9-10-23(24)28-25(34)14-22(48-28)15-26(36-3)31(43)44)42(4)11-12-46-33(45)37-16-19-5-7-20(8-6-19)17-47-30-27-29(39-18-38-27)40-32(35)41-30;1-20(2)15-9-12(22(4)7-8-23)5-6-14(15)18-16(20)10-13(26-18)11-17(21-3)19(24)25;1-17(2)14-8-11(18(3)6-7-19)4-5-13(14)16-15(17)9-12(10-20)21-16;14-5-8-1-3-9(4-2-8)6-20-12-10-11(17-7-16-10)18-13(15)19-12/h5-10,13-15,18H,11-12,16-17H2,1-2,4H3,(H,37,45)(H,43,44)(H3,35,38,39,40,41);5-6,9-11,23H,7-8H2,1-2,4H3,(H,24,25);4-5,8-10,19H,6-7H2,1-3H3;1-4,7H,5-6,14H2,(H3,15,16,17,18,19)/b26-15-;17-11-;;. The fraction of sp³-hybridized carbons (Fsp3) is 0.262. The summed E-state index contributed by atoms with van der Waals surface area (Å²) >= 11 is 4.57. The van der Waals surface area contributed by atoms with E-state index in [2.05, 4.69) is 144 Å². The highest BCUT2D eigenvalue weighted by Gasteiger charge is 2.41. The van der Waals surface area contributed by atoms with Gasteiger partial charge in [0, 0.05) is 105 Å². The topological polar surface area (TPSA) is 394 Å². The number of aldehydes is 1.